The fraction of sp³-hybridized carbons (Fsp3) is 0.500. The lowest BCUT2D eigenvalue weighted by molar-refractivity contribution is 0.520. The van der Waals surface area contributed by atoms with Crippen LogP contribution in [-0.2, 0) is 10.0 Å². The quantitative estimate of drug-likeness (QED) is 0.685. The van der Waals surface area contributed by atoms with E-state index in [9.17, 15) is 8.42 Å². The molecular formula is C12H20N2O2S2. The van der Waals surface area contributed by atoms with E-state index in [0.29, 0.717) is 5.69 Å². The van der Waals surface area contributed by atoms with Crippen molar-refractivity contribution in [2.24, 2.45) is 0 Å². The van der Waals surface area contributed by atoms with Crippen LogP contribution in [0.2, 0.25) is 0 Å². The summed E-state index contributed by atoms with van der Waals surface area (Å²) in [5, 5.41) is 0. The lowest BCUT2D eigenvalue weighted by atomic mass is 10.3. The molecule has 0 radical (unpaired) electrons. The molecule has 1 aromatic rings. The van der Waals surface area contributed by atoms with E-state index in [1.165, 1.54) is 24.5 Å². The molecule has 1 aromatic carbocycles. The van der Waals surface area contributed by atoms with E-state index >= 15 is 0 Å². The second-order valence-corrected chi connectivity index (χ2v) is 9.22. The van der Waals surface area contributed by atoms with Gasteiger partial charge in [-0.3, -0.25) is 0 Å². The van der Waals surface area contributed by atoms with Gasteiger partial charge in [-0.15, -0.1) is 11.8 Å². The van der Waals surface area contributed by atoms with Gasteiger partial charge in [-0.25, -0.2) is 12.7 Å². The summed E-state index contributed by atoms with van der Waals surface area (Å²) in [6, 6.07) is 4.82. The minimum Gasteiger partial charge on any atom is -0.398 e. The summed E-state index contributed by atoms with van der Waals surface area (Å²) in [4.78, 5) is 1.07. The van der Waals surface area contributed by atoms with E-state index in [1.54, 1.807) is 23.9 Å². The number of nitrogens with two attached hydrogens (primary N) is 1. The standard InChI is InChI=1S/C12H20N2O2S2/c1-12(2,3)17-11-8-9(6-7-10(11)13)18(15,16)14(4)5/h6-8H,13H2,1-5H3. The highest BCUT2D eigenvalue weighted by Crippen LogP contribution is 2.36. The van der Waals surface area contributed by atoms with E-state index in [4.69, 9.17) is 5.73 Å². The highest BCUT2D eigenvalue weighted by atomic mass is 32.2. The van der Waals surface area contributed by atoms with Gasteiger partial charge in [0, 0.05) is 29.4 Å². The fourth-order valence-electron chi connectivity index (χ4n) is 1.30. The Morgan fingerprint density at radius 3 is 2.22 bits per heavy atom. The third-order valence-electron chi connectivity index (χ3n) is 2.18. The first-order valence-electron chi connectivity index (χ1n) is 5.55. The average Bonchev–Trinajstić information content (AvgIpc) is 2.18. The Morgan fingerprint density at radius 2 is 1.78 bits per heavy atom. The average molecular weight is 288 g/mol. The molecule has 2 N–H and O–H groups in total. The van der Waals surface area contributed by atoms with Crippen LogP contribution in [0.5, 0.6) is 0 Å². The normalized spacial score (nSPS) is 13.0. The number of hydrogen-bond acceptors (Lipinski definition) is 4. The molecule has 4 nitrogen and oxygen atoms in total. The minimum atomic E-state index is -3.41. The molecule has 0 fully saturated rings. The smallest absolute Gasteiger partial charge is 0.242 e. The molecule has 0 unspecified atom stereocenters. The third kappa shape index (κ3) is 3.63. The van der Waals surface area contributed by atoms with Crippen molar-refractivity contribution in [1.82, 2.24) is 4.31 Å². The molecular weight excluding hydrogens is 268 g/mol. The zero-order valence-electron chi connectivity index (χ0n) is 11.4. The maximum absolute atomic E-state index is 12.0. The number of benzene rings is 1. The molecule has 1 rings (SSSR count). The first kappa shape index (κ1) is 15.3. The van der Waals surface area contributed by atoms with Crippen molar-refractivity contribution in [1.29, 1.82) is 0 Å². The van der Waals surface area contributed by atoms with Gasteiger partial charge in [0.2, 0.25) is 10.0 Å². The van der Waals surface area contributed by atoms with Crippen molar-refractivity contribution in [3.8, 4) is 0 Å². The van der Waals surface area contributed by atoms with E-state index in [-0.39, 0.29) is 9.64 Å². The Morgan fingerprint density at radius 1 is 1.22 bits per heavy atom. The Balaban J connectivity index is 3.25. The molecule has 0 heterocycles. The zero-order valence-corrected chi connectivity index (χ0v) is 13.0. The van der Waals surface area contributed by atoms with Crippen LogP contribution >= 0.6 is 11.8 Å². The zero-order chi connectivity index (χ0) is 14.1. The summed E-state index contributed by atoms with van der Waals surface area (Å²) in [7, 11) is -0.375. The van der Waals surface area contributed by atoms with Crippen molar-refractivity contribution in [2.45, 2.75) is 35.3 Å². The number of sulfonamides is 1. The lowest BCUT2D eigenvalue weighted by Gasteiger charge is -2.20. The largest absolute Gasteiger partial charge is 0.398 e. The van der Waals surface area contributed by atoms with Crippen LogP contribution in [0.4, 0.5) is 5.69 Å². The Hall–Kier alpha value is -0.720. The predicted molar refractivity (Wildman–Crippen MR) is 77.3 cm³/mol. The van der Waals surface area contributed by atoms with Crippen molar-refractivity contribution >= 4 is 27.5 Å². The number of anilines is 1. The van der Waals surface area contributed by atoms with Crippen molar-refractivity contribution in [3.05, 3.63) is 18.2 Å². The van der Waals surface area contributed by atoms with Crippen LogP contribution in [-0.4, -0.2) is 31.6 Å². The summed E-state index contributed by atoms with van der Waals surface area (Å²) in [5.74, 6) is 0. The second-order valence-electron chi connectivity index (χ2n) is 5.20. The van der Waals surface area contributed by atoms with Gasteiger partial charge in [0.1, 0.15) is 0 Å². The monoisotopic (exact) mass is 288 g/mol. The van der Waals surface area contributed by atoms with Gasteiger partial charge in [-0.2, -0.15) is 0 Å². The van der Waals surface area contributed by atoms with Gasteiger partial charge in [-0.1, -0.05) is 20.8 Å². The summed E-state index contributed by atoms with van der Waals surface area (Å²) in [6.45, 7) is 6.18. The van der Waals surface area contributed by atoms with Crippen molar-refractivity contribution in [2.75, 3.05) is 19.8 Å². The van der Waals surface area contributed by atoms with Crippen LogP contribution in [0, 0.1) is 0 Å². The summed E-state index contributed by atoms with van der Waals surface area (Å²) in [6.07, 6.45) is 0. The second kappa shape index (κ2) is 5.11. The summed E-state index contributed by atoms with van der Waals surface area (Å²) >= 11 is 1.56. The lowest BCUT2D eigenvalue weighted by Crippen LogP contribution is -2.22. The summed E-state index contributed by atoms with van der Waals surface area (Å²) in [5.41, 5.74) is 6.49. The van der Waals surface area contributed by atoms with Gasteiger partial charge >= 0.3 is 0 Å². The van der Waals surface area contributed by atoms with Crippen molar-refractivity contribution in [3.63, 3.8) is 0 Å². The molecule has 18 heavy (non-hydrogen) atoms. The van der Waals surface area contributed by atoms with Crippen LogP contribution in [0.3, 0.4) is 0 Å². The molecule has 0 aliphatic carbocycles. The molecule has 0 spiro atoms. The summed E-state index contributed by atoms with van der Waals surface area (Å²) < 4.78 is 25.3. The first-order valence-corrected chi connectivity index (χ1v) is 7.81. The molecule has 0 amide bonds. The molecule has 0 saturated carbocycles. The third-order valence-corrected chi connectivity index (χ3v) is 5.18. The molecule has 0 atom stereocenters. The van der Waals surface area contributed by atoms with Crippen LogP contribution in [0.15, 0.2) is 28.0 Å². The maximum atomic E-state index is 12.0. The fourth-order valence-corrected chi connectivity index (χ4v) is 3.34. The van der Waals surface area contributed by atoms with Crippen LogP contribution in [0.1, 0.15) is 20.8 Å². The maximum Gasteiger partial charge on any atom is 0.242 e. The van der Waals surface area contributed by atoms with Gasteiger partial charge < -0.3 is 5.73 Å². The Kier molecular flexibility index (Phi) is 4.35. The van der Waals surface area contributed by atoms with Gasteiger partial charge in [0.05, 0.1) is 4.90 Å². The first-order chi connectivity index (χ1) is 8.04. The van der Waals surface area contributed by atoms with Gasteiger partial charge in [0.25, 0.3) is 0 Å². The van der Waals surface area contributed by atoms with Crippen LogP contribution in [0.25, 0.3) is 0 Å². The van der Waals surface area contributed by atoms with Gasteiger partial charge in [0.15, 0.2) is 0 Å². The molecule has 102 valence electrons. The molecule has 6 heteroatoms. The number of nitrogen functional groups attached to an aromatic ring is 1. The number of nitrogens with zero attached hydrogens (tertiary/aromatic N) is 1. The van der Waals surface area contributed by atoms with E-state index in [2.05, 4.69) is 20.8 Å². The minimum absolute atomic E-state index is 0.0192. The molecule has 0 aliphatic heterocycles. The highest BCUT2D eigenvalue weighted by molar-refractivity contribution is 8.00. The number of thioether (sulfide) groups is 1. The highest BCUT2D eigenvalue weighted by Gasteiger charge is 2.20. The van der Waals surface area contributed by atoms with E-state index in [1.807, 2.05) is 0 Å². The van der Waals surface area contributed by atoms with Crippen LogP contribution < -0.4 is 5.73 Å². The SMILES string of the molecule is CN(C)S(=O)(=O)c1ccc(N)c(SC(C)(C)C)c1. The topological polar surface area (TPSA) is 63.4 Å². The number of rotatable bonds is 3. The van der Waals surface area contributed by atoms with E-state index < -0.39 is 10.0 Å². The van der Waals surface area contributed by atoms with E-state index in [0.717, 1.165) is 4.90 Å². The molecule has 0 bridgehead atoms. The Labute approximate surface area is 114 Å². The molecule has 0 saturated heterocycles. The predicted octanol–water partition coefficient (Wildman–Crippen LogP) is 2.41. The number of hydrogen-bond donors (Lipinski definition) is 1. The molecule has 0 aromatic heterocycles. The Bertz CT molecular complexity index is 531. The van der Waals surface area contributed by atoms with Gasteiger partial charge in [-0.05, 0) is 18.2 Å². The van der Waals surface area contributed by atoms with Crippen molar-refractivity contribution < 1.29 is 8.42 Å². The molecule has 0 aliphatic rings.